The Kier molecular flexibility index (Phi) is 3.99. The first-order chi connectivity index (χ1) is 10.7. The molecule has 1 aliphatic rings. The zero-order valence-corrected chi connectivity index (χ0v) is 12.4. The Morgan fingerprint density at radius 1 is 1.32 bits per heavy atom. The lowest BCUT2D eigenvalue weighted by molar-refractivity contribution is -0.121. The highest BCUT2D eigenvalue weighted by atomic mass is 35.5. The van der Waals surface area contributed by atoms with Crippen molar-refractivity contribution in [3.05, 3.63) is 58.6 Å². The van der Waals surface area contributed by atoms with E-state index in [9.17, 15) is 4.79 Å². The number of benzene rings is 2. The molecule has 2 aromatic carbocycles. The van der Waals surface area contributed by atoms with E-state index in [4.69, 9.17) is 21.6 Å². The van der Waals surface area contributed by atoms with Crippen molar-refractivity contribution in [1.82, 2.24) is 0 Å². The number of carbonyl (C=O) groups excluding carboxylic acids is 1. The summed E-state index contributed by atoms with van der Waals surface area (Å²) in [5.74, 6) is 0.479. The van der Waals surface area contributed by atoms with Crippen molar-refractivity contribution in [1.29, 1.82) is 5.26 Å². The van der Waals surface area contributed by atoms with Gasteiger partial charge in [0.15, 0.2) is 0 Å². The second kappa shape index (κ2) is 6.08. The largest absolute Gasteiger partial charge is 0.492 e. The lowest BCUT2D eigenvalue weighted by atomic mass is 9.96. The van der Waals surface area contributed by atoms with Gasteiger partial charge in [-0.25, -0.2) is 0 Å². The van der Waals surface area contributed by atoms with Gasteiger partial charge in [-0.05, 0) is 36.2 Å². The lowest BCUT2D eigenvalue weighted by Crippen LogP contribution is -2.32. The molecule has 1 unspecified atom stereocenters. The van der Waals surface area contributed by atoms with Crippen LogP contribution in [-0.2, 0) is 11.2 Å². The Balaban J connectivity index is 1.71. The summed E-state index contributed by atoms with van der Waals surface area (Å²) in [7, 11) is 0. The van der Waals surface area contributed by atoms with Crippen LogP contribution >= 0.6 is 11.6 Å². The molecular formula is C17H13ClN2O2. The van der Waals surface area contributed by atoms with Crippen LogP contribution in [0.1, 0.15) is 11.1 Å². The standard InChI is InChI=1S/C17H13ClN2O2/c18-15-8-14(6-5-12(15)9-19)20-17(21)13-7-11-3-1-2-4-16(11)22-10-13/h1-6,8,13H,7,10H2,(H,20,21). The fourth-order valence-corrected chi connectivity index (χ4v) is 2.65. The first-order valence-corrected chi connectivity index (χ1v) is 7.26. The van der Waals surface area contributed by atoms with E-state index in [2.05, 4.69) is 5.32 Å². The molecule has 0 fully saturated rings. The molecule has 0 radical (unpaired) electrons. The summed E-state index contributed by atoms with van der Waals surface area (Å²) in [6.45, 7) is 0.354. The van der Waals surface area contributed by atoms with E-state index in [1.165, 1.54) is 0 Å². The molecule has 0 spiro atoms. The average Bonchev–Trinajstić information content (AvgIpc) is 2.54. The maximum Gasteiger partial charge on any atom is 0.231 e. The van der Waals surface area contributed by atoms with E-state index in [-0.39, 0.29) is 11.8 Å². The van der Waals surface area contributed by atoms with Gasteiger partial charge in [-0.2, -0.15) is 5.26 Å². The third-order valence-electron chi connectivity index (χ3n) is 3.61. The molecule has 0 aliphatic carbocycles. The molecule has 0 saturated carbocycles. The van der Waals surface area contributed by atoms with Crippen molar-refractivity contribution in [3.8, 4) is 11.8 Å². The number of ether oxygens (including phenoxy) is 1. The summed E-state index contributed by atoms with van der Waals surface area (Å²) >= 11 is 5.97. The van der Waals surface area contributed by atoms with E-state index in [1.54, 1.807) is 18.2 Å². The van der Waals surface area contributed by atoms with Crippen LogP contribution in [-0.4, -0.2) is 12.5 Å². The number of nitriles is 1. The van der Waals surface area contributed by atoms with Crippen molar-refractivity contribution in [3.63, 3.8) is 0 Å². The number of amides is 1. The quantitative estimate of drug-likeness (QED) is 0.924. The first kappa shape index (κ1) is 14.4. The maximum atomic E-state index is 12.3. The molecule has 22 heavy (non-hydrogen) atoms. The minimum Gasteiger partial charge on any atom is -0.492 e. The monoisotopic (exact) mass is 312 g/mol. The number of hydrogen-bond acceptors (Lipinski definition) is 3. The zero-order valence-electron chi connectivity index (χ0n) is 11.7. The molecule has 1 amide bonds. The molecule has 5 heteroatoms. The predicted octanol–water partition coefficient (Wildman–Crippen LogP) is 3.40. The van der Waals surface area contributed by atoms with Crippen LogP contribution in [0.3, 0.4) is 0 Å². The SMILES string of the molecule is N#Cc1ccc(NC(=O)C2COc3ccccc3C2)cc1Cl. The van der Waals surface area contributed by atoms with Gasteiger partial charge in [-0.15, -0.1) is 0 Å². The van der Waals surface area contributed by atoms with E-state index in [0.717, 1.165) is 11.3 Å². The van der Waals surface area contributed by atoms with E-state index in [1.807, 2.05) is 30.3 Å². The molecule has 0 aromatic heterocycles. The summed E-state index contributed by atoms with van der Waals surface area (Å²) in [5.41, 5.74) is 1.99. The van der Waals surface area contributed by atoms with Gasteiger partial charge in [0.1, 0.15) is 18.4 Å². The second-order valence-corrected chi connectivity index (χ2v) is 5.52. The van der Waals surface area contributed by atoms with Gasteiger partial charge in [0.2, 0.25) is 5.91 Å². The highest BCUT2D eigenvalue weighted by Crippen LogP contribution is 2.28. The van der Waals surface area contributed by atoms with Crippen LogP contribution < -0.4 is 10.1 Å². The molecule has 0 bridgehead atoms. The Labute approximate surface area is 133 Å². The van der Waals surface area contributed by atoms with Crippen molar-refractivity contribution < 1.29 is 9.53 Å². The Morgan fingerprint density at radius 3 is 2.91 bits per heavy atom. The van der Waals surface area contributed by atoms with Crippen LogP contribution in [0, 0.1) is 17.2 Å². The second-order valence-electron chi connectivity index (χ2n) is 5.12. The van der Waals surface area contributed by atoms with Gasteiger partial charge >= 0.3 is 0 Å². The Morgan fingerprint density at radius 2 is 2.14 bits per heavy atom. The van der Waals surface area contributed by atoms with E-state index < -0.39 is 0 Å². The van der Waals surface area contributed by atoms with Crippen molar-refractivity contribution in [2.24, 2.45) is 5.92 Å². The van der Waals surface area contributed by atoms with Crippen LogP contribution in [0.25, 0.3) is 0 Å². The molecule has 1 atom stereocenters. The molecule has 1 N–H and O–H groups in total. The fourth-order valence-electron chi connectivity index (χ4n) is 2.42. The van der Waals surface area contributed by atoms with Crippen LogP contribution in [0.2, 0.25) is 5.02 Å². The topological polar surface area (TPSA) is 62.1 Å². The minimum absolute atomic E-state index is 0.115. The van der Waals surface area contributed by atoms with Crippen LogP contribution in [0.5, 0.6) is 5.75 Å². The number of halogens is 1. The Hall–Kier alpha value is -2.51. The number of anilines is 1. The number of para-hydroxylation sites is 1. The highest BCUT2D eigenvalue weighted by molar-refractivity contribution is 6.32. The number of carbonyl (C=O) groups is 1. The summed E-state index contributed by atoms with van der Waals surface area (Å²) in [5, 5.41) is 12.0. The number of nitrogens with zero attached hydrogens (tertiary/aromatic N) is 1. The predicted molar refractivity (Wildman–Crippen MR) is 83.9 cm³/mol. The number of fused-ring (bicyclic) bond motifs is 1. The van der Waals surface area contributed by atoms with Gasteiger partial charge in [0.05, 0.1) is 16.5 Å². The number of hydrogen-bond donors (Lipinski definition) is 1. The molecule has 110 valence electrons. The smallest absolute Gasteiger partial charge is 0.231 e. The normalized spacial score (nSPS) is 16.1. The minimum atomic E-state index is -0.246. The van der Waals surface area contributed by atoms with Crippen molar-refractivity contribution >= 4 is 23.2 Å². The number of rotatable bonds is 2. The lowest BCUT2D eigenvalue weighted by Gasteiger charge is -2.24. The Bertz CT molecular complexity index is 767. The third kappa shape index (κ3) is 2.90. The van der Waals surface area contributed by atoms with Gasteiger partial charge in [-0.1, -0.05) is 29.8 Å². The molecule has 1 aliphatic heterocycles. The molecule has 2 aromatic rings. The first-order valence-electron chi connectivity index (χ1n) is 6.88. The van der Waals surface area contributed by atoms with Crippen molar-refractivity contribution in [2.45, 2.75) is 6.42 Å². The summed E-state index contributed by atoms with van der Waals surface area (Å²) in [4.78, 5) is 12.3. The van der Waals surface area contributed by atoms with E-state index in [0.29, 0.717) is 29.3 Å². The molecule has 1 heterocycles. The molecule has 3 rings (SSSR count). The summed E-state index contributed by atoms with van der Waals surface area (Å²) in [6.07, 6.45) is 0.645. The van der Waals surface area contributed by atoms with E-state index >= 15 is 0 Å². The summed E-state index contributed by atoms with van der Waals surface area (Å²) < 4.78 is 5.63. The summed E-state index contributed by atoms with van der Waals surface area (Å²) in [6, 6.07) is 14.5. The average molecular weight is 313 g/mol. The van der Waals surface area contributed by atoms with Crippen LogP contribution in [0.4, 0.5) is 5.69 Å². The fraction of sp³-hybridized carbons (Fsp3) is 0.176. The van der Waals surface area contributed by atoms with Gasteiger partial charge < -0.3 is 10.1 Å². The number of nitrogens with one attached hydrogen (secondary N) is 1. The zero-order chi connectivity index (χ0) is 15.5. The highest BCUT2D eigenvalue weighted by Gasteiger charge is 2.25. The van der Waals surface area contributed by atoms with Gasteiger partial charge in [0, 0.05) is 5.69 Å². The van der Waals surface area contributed by atoms with Gasteiger partial charge in [-0.3, -0.25) is 4.79 Å². The molecular weight excluding hydrogens is 300 g/mol. The van der Waals surface area contributed by atoms with Crippen LogP contribution in [0.15, 0.2) is 42.5 Å². The van der Waals surface area contributed by atoms with Gasteiger partial charge in [0.25, 0.3) is 0 Å². The molecule has 4 nitrogen and oxygen atoms in total. The third-order valence-corrected chi connectivity index (χ3v) is 3.92. The van der Waals surface area contributed by atoms with Crippen molar-refractivity contribution in [2.75, 3.05) is 11.9 Å². The molecule has 0 saturated heterocycles. The maximum absolute atomic E-state index is 12.3.